The molecule has 0 atom stereocenters. The molecule has 2 aromatic rings. The quantitative estimate of drug-likeness (QED) is 0.835. The van der Waals surface area contributed by atoms with Crippen LogP contribution in [0.1, 0.15) is 12.0 Å². The molecule has 1 aromatic heterocycles. The number of nitrogens with zero attached hydrogens (tertiary/aromatic N) is 4. The molecule has 0 radical (unpaired) electrons. The van der Waals surface area contributed by atoms with Crippen molar-refractivity contribution in [2.45, 2.75) is 13.0 Å². The number of nitrogens with one attached hydrogen (secondary N) is 2. The van der Waals surface area contributed by atoms with Crippen molar-refractivity contribution >= 4 is 28.7 Å². The summed E-state index contributed by atoms with van der Waals surface area (Å²) in [5.41, 5.74) is 2.79. The molecule has 0 saturated carbocycles. The zero-order valence-corrected chi connectivity index (χ0v) is 14.8. The van der Waals surface area contributed by atoms with Crippen LogP contribution in [0.3, 0.4) is 0 Å². The molecule has 0 bridgehead atoms. The van der Waals surface area contributed by atoms with Gasteiger partial charge in [-0.25, -0.2) is 4.79 Å². The highest BCUT2D eigenvalue weighted by Crippen LogP contribution is 2.35. The van der Waals surface area contributed by atoms with E-state index in [-0.39, 0.29) is 5.91 Å². The number of benzene rings is 1. The Balaban J connectivity index is 1.38. The molecular formula is C18H22N6O2. The van der Waals surface area contributed by atoms with E-state index in [9.17, 15) is 9.59 Å². The van der Waals surface area contributed by atoms with Crippen molar-refractivity contribution in [2.75, 3.05) is 37.6 Å². The van der Waals surface area contributed by atoms with E-state index in [1.165, 1.54) is 5.56 Å². The maximum Gasteiger partial charge on any atom is 0.329 e. The summed E-state index contributed by atoms with van der Waals surface area (Å²) >= 11 is 0. The van der Waals surface area contributed by atoms with Crippen LogP contribution < -0.4 is 15.5 Å². The molecule has 3 aliphatic heterocycles. The smallest absolute Gasteiger partial charge is 0.315 e. The van der Waals surface area contributed by atoms with Crippen LogP contribution in [0.2, 0.25) is 0 Å². The third-order valence-corrected chi connectivity index (χ3v) is 5.73. The zero-order chi connectivity index (χ0) is 17.9. The monoisotopic (exact) mass is 354 g/mol. The number of likely N-dealkylation sites (tertiary alicyclic amines) is 1. The van der Waals surface area contributed by atoms with Crippen molar-refractivity contribution in [3.63, 3.8) is 0 Å². The largest absolute Gasteiger partial charge is 0.329 e. The highest BCUT2D eigenvalue weighted by atomic mass is 16.2. The van der Waals surface area contributed by atoms with E-state index in [1.807, 2.05) is 17.8 Å². The molecule has 0 aliphatic carbocycles. The van der Waals surface area contributed by atoms with Gasteiger partial charge in [0, 0.05) is 63.5 Å². The number of anilines is 1. The number of hydrogen-bond donors (Lipinski definition) is 2. The van der Waals surface area contributed by atoms with E-state index >= 15 is 0 Å². The van der Waals surface area contributed by atoms with E-state index in [0.29, 0.717) is 24.2 Å². The van der Waals surface area contributed by atoms with Gasteiger partial charge in [-0.1, -0.05) is 6.07 Å². The van der Waals surface area contributed by atoms with Crippen LogP contribution in [0.5, 0.6) is 0 Å². The molecule has 1 spiro atoms. The van der Waals surface area contributed by atoms with Crippen LogP contribution in [0.15, 0.2) is 18.2 Å². The van der Waals surface area contributed by atoms with Crippen molar-refractivity contribution in [2.24, 2.45) is 12.5 Å². The van der Waals surface area contributed by atoms with Gasteiger partial charge < -0.3 is 5.32 Å². The molecule has 1 aromatic carbocycles. The van der Waals surface area contributed by atoms with Crippen molar-refractivity contribution in [3.8, 4) is 0 Å². The number of aromatic nitrogens is 2. The van der Waals surface area contributed by atoms with Gasteiger partial charge in [-0.3, -0.25) is 24.6 Å². The minimum atomic E-state index is -0.398. The molecule has 4 heterocycles. The van der Waals surface area contributed by atoms with Crippen LogP contribution in [-0.2, 0) is 18.4 Å². The number of imide groups is 1. The molecule has 26 heavy (non-hydrogen) atoms. The molecule has 3 amide bonds. The second-order valence-corrected chi connectivity index (χ2v) is 7.80. The van der Waals surface area contributed by atoms with Crippen LogP contribution in [0, 0.1) is 5.41 Å². The number of hydrogen-bond acceptors (Lipinski definition) is 5. The topological polar surface area (TPSA) is 82.5 Å². The summed E-state index contributed by atoms with van der Waals surface area (Å²) in [6, 6.07) is 5.91. The average molecular weight is 354 g/mol. The van der Waals surface area contributed by atoms with Gasteiger partial charge in [0.1, 0.15) is 0 Å². The number of aryl methyl sites for hydroxylation is 1. The fourth-order valence-corrected chi connectivity index (χ4v) is 4.32. The predicted molar refractivity (Wildman–Crippen MR) is 96.8 cm³/mol. The molecule has 3 saturated heterocycles. The van der Waals surface area contributed by atoms with Gasteiger partial charge in [0.25, 0.3) is 0 Å². The summed E-state index contributed by atoms with van der Waals surface area (Å²) in [4.78, 5) is 27.5. The van der Waals surface area contributed by atoms with Crippen LogP contribution in [0.4, 0.5) is 10.6 Å². The lowest BCUT2D eigenvalue weighted by Gasteiger charge is -2.56. The van der Waals surface area contributed by atoms with E-state index in [0.717, 1.165) is 43.6 Å². The van der Waals surface area contributed by atoms with Crippen LogP contribution in [-0.4, -0.2) is 59.3 Å². The van der Waals surface area contributed by atoms with Gasteiger partial charge in [-0.15, -0.1) is 0 Å². The van der Waals surface area contributed by atoms with Crippen LogP contribution >= 0.6 is 0 Å². The lowest BCUT2D eigenvalue weighted by molar-refractivity contribution is -0.120. The van der Waals surface area contributed by atoms with Crippen molar-refractivity contribution in [3.05, 3.63) is 23.8 Å². The van der Waals surface area contributed by atoms with Gasteiger partial charge in [0.05, 0.1) is 5.52 Å². The lowest BCUT2D eigenvalue weighted by atomic mass is 9.74. The minimum absolute atomic E-state index is 0.234. The van der Waals surface area contributed by atoms with Gasteiger partial charge >= 0.3 is 6.03 Å². The Bertz CT molecular complexity index is 908. The molecule has 3 aliphatic rings. The molecule has 3 fully saturated rings. The van der Waals surface area contributed by atoms with Gasteiger partial charge in [0.2, 0.25) is 5.91 Å². The fraction of sp³-hybridized carbons (Fsp3) is 0.500. The normalized spacial score (nSPS) is 22.4. The van der Waals surface area contributed by atoms with E-state index in [1.54, 1.807) is 4.90 Å². The fourth-order valence-electron chi connectivity index (χ4n) is 4.32. The summed E-state index contributed by atoms with van der Waals surface area (Å²) in [5, 5.41) is 11.2. The number of carbonyl (C=O) groups excluding carboxylic acids is 2. The van der Waals surface area contributed by atoms with Gasteiger partial charge in [-0.2, -0.15) is 5.10 Å². The summed E-state index contributed by atoms with van der Waals surface area (Å²) < 4.78 is 1.81. The number of carbonyl (C=O) groups is 2. The molecule has 136 valence electrons. The summed E-state index contributed by atoms with van der Waals surface area (Å²) in [6.45, 7) is 5.93. The highest BCUT2D eigenvalue weighted by Gasteiger charge is 2.47. The van der Waals surface area contributed by atoms with Crippen LogP contribution in [0.25, 0.3) is 10.9 Å². The Kier molecular flexibility index (Phi) is 3.35. The first-order valence-corrected chi connectivity index (χ1v) is 9.03. The lowest BCUT2D eigenvalue weighted by Crippen LogP contribution is -2.70. The predicted octanol–water partition coefficient (Wildman–Crippen LogP) is 0.425. The molecular weight excluding hydrogens is 332 g/mol. The van der Waals surface area contributed by atoms with Crippen molar-refractivity contribution in [1.82, 2.24) is 25.3 Å². The Morgan fingerprint density at radius 3 is 2.73 bits per heavy atom. The Hall–Kier alpha value is -2.45. The Morgan fingerprint density at radius 1 is 1.23 bits per heavy atom. The van der Waals surface area contributed by atoms with Gasteiger partial charge in [-0.05, 0) is 17.7 Å². The second kappa shape index (κ2) is 5.52. The average Bonchev–Trinajstić information content (AvgIpc) is 2.85. The minimum Gasteiger partial charge on any atom is -0.315 e. The highest BCUT2D eigenvalue weighted by molar-refractivity contribution is 6.08. The second-order valence-electron chi connectivity index (χ2n) is 7.80. The number of urea groups is 1. The summed E-state index contributed by atoms with van der Waals surface area (Å²) in [6.07, 6.45) is 0.299. The SMILES string of the molecule is Cn1nc(N2CCC(=O)NC2=O)c2ccc(CN3CC4(CNC4)C3)cc21. The zero-order valence-electron chi connectivity index (χ0n) is 14.8. The molecule has 2 N–H and O–H groups in total. The van der Waals surface area contributed by atoms with E-state index < -0.39 is 6.03 Å². The third-order valence-electron chi connectivity index (χ3n) is 5.73. The summed E-state index contributed by atoms with van der Waals surface area (Å²) in [7, 11) is 1.89. The number of amides is 3. The summed E-state index contributed by atoms with van der Waals surface area (Å²) in [5.74, 6) is 0.380. The first-order valence-electron chi connectivity index (χ1n) is 9.03. The first-order chi connectivity index (χ1) is 12.5. The maximum atomic E-state index is 12.1. The Morgan fingerprint density at radius 2 is 2.04 bits per heavy atom. The van der Waals surface area contributed by atoms with E-state index in [4.69, 9.17) is 0 Å². The number of fused-ring (bicyclic) bond motifs is 1. The van der Waals surface area contributed by atoms with Crippen molar-refractivity contribution in [1.29, 1.82) is 0 Å². The van der Waals surface area contributed by atoms with Gasteiger partial charge in [0.15, 0.2) is 5.82 Å². The molecule has 5 rings (SSSR count). The molecule has 0 unspecified atom stereocenters. The number of rotatable bonds is 3. The van der Waals surface area contributed by atoms with Crippen molar-refractivity contribution < 1.29 is 9.59 Å². The standard InChI is InChI=1S/C18H22N6O2/c1-22-14-6-12(7-23-10-18(11-23)8-19-9-18)2-3-13(14)16(21-22)24-5-4-15(25)20-17(24)26/h2-3,6,19H,4-5,7-11H2,1H3,(H,20,25,26). The molecule has 8 heteroatoms. The third kappa shape index (κ3) is 2.40. The Labute approximate surface area is 151 Å². The molecule has 8 nitrogen and oxygen atoms in total. The first kappa shape index (κ1) is 15.8. The maximum absolute atomic E-state index is 12.1. The van der Waals surface area contributed by atoms with E-state index in [2.05, 4.69) is 32.8 Å².